The van der Waals surface area contributed by atoms with Gasteiger partial charge in [0, 0.05) is 0 Å². The van der Waals surface area contributed by atoms with Crippen LogP contribution in [0.2, 0.25) is 6.04 Å². The Bertz CT molecular complexity index is 1040. The fraction of sp³-hybridized carbons (Fsp3) is 0.375. The topological polar surface area (TPSA) is 0 Å². The molecule has 0 N–H and O–H groups in total. The third-order valence-corrected chi connectivity index (χ3v) is 12.0. The monoisotopic (exact) mass is 454 g/mol. The Morgan fingerprint density at radius 3 is 1.48 bits per heavy atom. The molecule has 3 aromatic carbocycles. The van der Waals surface area contributed by atoms with Crippen LogP contribution in [0, 0.1) is 47.0 Å². The van der Waals surface area contributed by atoms with Gasteiger partial charge in [-0.3, -0.25) is 0 Å². The van der Waals surface area contributed by atoms with Crippen LogP contribution in [0.1, 0.15) is 66.1 Å². The van der Waals surface area contributed by atoms with Gasteiger partial charge in [0.15, 0.2) is 0 Å². The quantitative estimate of drug-likeness (QED) is 0.333. The van der Waals surface area contributed by atoms with E-state index in [0.717, 1.165) is 0 Å². The molecule has 0 saturated carbocycles. The van der Waals surface area contributed by atoms with E-state index in [9.17, 15) is 0 Å². The second kappa shape index (κ2) is 9.85. The van der Waals surface area contributed by atoms with E-state index in [2.05, 4.69) is 129 Å². The number of aryl methyl sites for hydroxylation is 6. The molecule has 0 aromatic heterocycles. The van der Waals surface area contributed by atoms with Gasteiger partial charge in [-0.2, -0.15) is 0 Å². The molecule has 174 valence electrons. The van der Waals surface area contributed by atoms with Crippen molar-refractivity contribution < 1.29 is 0 Å². The van der Waals surface area contributed by atoms with Crippen LogP contribution in [0.4, 0.5) is 0 Å². The molecule has 33 heavy (non-hydrogen) atoms. The first-order valence-electron chi connectivity index (χ1n) is 12.3. The summed E-state index contributed by atoms with van der Waals surface area (Å²) in [6, 6.07) is 21.6. The van der Waals surface area contributed by atoms with Gasteiger partial charge in [0.2, 0.25) is 0 Å². The zero-order valence-corrected chi connectivity index (χ0v) is 23.3. The summed E-state index contributed by atoms with van der Waals surface area (Å²) in [5, 5.41) is 3.22. The highest BCUT2D eigenvalue weighted by atomic mass is 28.3. The van der Waals surface area contributed by atoms with E-state index in [4.69, 9.17) is 0 Å². The van der Waals surface area contributed by atoms with Crippen molar-refractivity contribution in [2.45, 2.75) is 74.8 Å². The van der Waals surface area contributed by atoms with E-state index in [-0.39, 0.29) is 5.41 Å². The molecule has 0 bridgehead atoms. The highest BCUT2D eigenvalue weighted by molar-refractivity contribution is 7.07. The molecule has 0 spiro atoms. The summed E-state index contributed by atoms with van der Waals surface area (Å²) in [7, 11) is -2.24. The Hall–Kier alpha value is -2.38. The van der Waals surface area contributed by atoms with Gasteiger partial charge in [-0.25, -0.2) is 0 Å². The lowest BCUT2D eigenvalue weighted by Gasteiger charge is -2.37. The van der Waals surface area contributed by atoms with E-state index in [1.165, 1.54) is 51.4 Å². The molecule has 3 rings (SSSR count). The standard InChI is InChI=1S/C32H42Si/c1-23-19-25(3)30(26(4)20-23)33(18-16-32(7,8)9,17-15-29-13-11-10-12-14-29)31-27(5)21-24(2)22-28(31)6/h10-15,17,19-22H,16,18H2,1-9H3/b17-15+. The van der Waals surface area contributed by atoms with Crippen LogP contribution in [0.25, 0.3) is 6.08 Å². The van der Waals surface area contributed by atoms with E-state index >= 15 is 0 Å². The number of hydrogen-bond donors (Lipinski definition) is 0. The molecule has 0 atom stereocenters. The summed E-state index contributed by atoms with van der Waals surface area (Å²) in [5.41, 5.74) is 12.7. The molecule has 1 heteroatoms. The summed E-state index contributed by atoms with van der Waals surface area (Å²) >= 11 is 0. The maximum atomic E-state index is 2.66. The molecule has 0 unspecified atom stereocenters. The molecule has 0 amide bonds. The Kier molecular flexibility index (Phi) is 7.54. The summed E-state index contributed by atoms with van der Waals surface area (Å²) in [4.78, 5) is 0. The maximum Gasteiger partial charge on any atom is 0.142 e. The van der Waals surface area contributed by atoms with Crippen LogP contribution in [-0.4, -0.2) is 8.07 Å². The molecule has 0 fully saturated rings. The van der Waals surface area contributed by atoms with Gasteiger partial charge in [0.25, 0.3) is 0 Å². The zero-order valence-electron chi connectivity index (χ0n) is 22.3. The van der Waals surface area contributed by atoms with Gasteiger partial charge in [0.05, 0.1) is 0 Å². The Balaban J connectivity index is 2.41. The van der Waals surface area contributed by atoms with Crippen LogP contribution >= 0.6 is 0 Å². The molecule has 0 radical (unpaired) electrons. The lowest BCUT2D eigenvalue weighted by Crippen LogP contribution is -2.61. The fourth-order valence-electron chi connectivity index (χ4n) is 5.77. The van der Waals surface area contributed by atoms with Gasteiger partial charge in [-0.05, 0) is 75.4 Å². The smallest absolute Gasteiger partial charge is 0.0852 e. The minimum atomic E-state index is -2.24. The van der Waals surface area contributed by atoms with Gasteiger partial charge < -0.3 is 0 Å². The number of hydrogen-bond acceptors (Lipinski definition) is 0. The highest BCUT2D eigenvalue weighted by Gasteiger charge is 2.40. The average Bonchev–Trinajstić information content (AvgIpc) is 2.69. The summed E-state index contributed by atoms with van der Waals surface area (Å²) in [6.45, 7) is 21.0. The van der Waals surface area contributed by atoms with Crippen molar-refractivity contribution in [1.82, 2.24) is 0 Å². The first-order valence-corrected chi connectivity index (χ1v) is 14.6. The normalized spacial score (nSPS) is 12.5. The minimum absolute atomic E-state index is 0.290. The molecule has 0 aliphatic carbocycles. The van der Waals surface area contributed by atoms with Crippen LogP contribution < -0.4 is 10.4 Å². The molecule has 0 nitrogen and oxygen atoms in total. The second-order valence-corrected chi connectivity index (χ2v) is 15.1. The SMILES string of the molecule is Cc1cc(C)c([Si](/C=C/c2ccccc2)(CCC(C)(C)C)c2c(C)cc(C)cc2C)c(C)c1. The second-order valence-electron chi connectivity index (χ2n) is 11.3. The van der Waals surface area contributed by atoms with Crippen LogP contribution in [0.3, 0.4) is 0 Å². The molecule has 0 heterocycles. The average molecular weight is 455 g/mol. The summed E-state index contributed by atoms with van der Waals surface area (Å²) < 4.78 is 0. The van der Waals surface area contributed by atoms with Crippen LogP contribution in [-0.2, 0) is 0 Å². The van der Waals surface area contributed by atoms with Crippen LogP contribution in [0.15, 0.2) is 60.3 Å². The summed E-state index contributed by atoms with van der Waals surface area (Å²) in [5.74, 6) is 0. The molecular formula is C32H42Si. The van der Waals surface area contributed by atoms with Crippen LogP contribution in [0.5, 0.6) is 0 Å². The van der Waals surface area contributed by atoms with Gasteiger partial charge in [-0.15, -0.1) is 0 Å². The first kappa shape index (κ1) is 25.2. The predicted octanol–water partition coefficient (Wildman–Crippen LogP) is 7.79. The summed E-state index contributed by atoms with van der Waals surface area (Å²) in [6.07, 6.45) is 3.62. The van der Waals surface area contributed by atoms with Crippen molar-refractivity contribution in [3.05, 3.63) is 99.2 Å². The molecule has 0 aliphatic rings. The third kappa shape index (κ3) is 5.76. The Morgan fingerprint density at radius 2 is 1.09 bits per heavy atom. The van der Waals surface area contributed by atoms with Crippen molar-refractivity contribution in [1.29, 1.82) is 0 Å². The number of rotatable bonds is 6. The van der Waals surface area contributed by atoms with Gasteiger partial charge in [-0.1, -0.05) is 121 Å². The van der Waals surface area contributed by atoms with Gasteiger partial charge >= 0.3 is 0 Å². The van der Waals surface area contributed by atoms with Crippen molar-refractivity contribution in [2.24, 2.45) is 5.41 Å². The molecular weight excluding hydrogens is 412 g/mol. The van der Waals surface area contributed by atoms with E-state index < -0.39 is 8.07 Å². The van der Waals surface area contributed by atoms with Crippen molar-refractivity contribution >= 4 is 24.5 Å². The number of benzene rings is 3. The van der Waals surface area contributed by atoms with E-state index in [0.29, 0.717) is 0 Å². The largest absolute Gasteiger partial charge is 0.142 e. The van der Waals surface area contributed by atoms with E-state index in [1.54, 1.807) is 10.4 Å². The van der Waals surface area contributed by atoms with Gasteiger partial charge in [0.1, 0.15) is 8.07 Å². The Morgan fingerprint density at radius 1 is 0.667 bits per heavy atom. The lowest BCUT2D eigenvalue weighted by molar-refractivity contribution is 0.396. The molecule has 0 saturated heterocycles. The third-order valence-electron chi connectivity index (χ3n) is 6.88. The van der Waals surface area contributed by atoms with Crippen molar-refractivity contribution in [3.8, 4) is 0 Å². The van der Waals surface area contributed by atoms with E-state index in [1.807, 2.05) is 0 Å². The van der Waals surface area contributed by atoms with Crippen molar-refractivity contribution in [3.63, 3.8) is 0 Å². The lowest BCUT2D eigenvalue weighted by atomic mass is 9.94. The molecule has 0 aliphatic heterocycles. The predicted molar refractivity (Wildman–Crippen MR) is 151 cm³/mol. The Labute approximate surface area is 203 Å². The van der Waals surface area contributed by atoms with Crippen molar-refractivity contribution in [2.75, 3.05) is 0 Å². The zero-order chi connectivity index (χ0) is 24.4. The first-order chi connectivity index (χ1) is 15.4. The fourth-order valence-corrected chi connectivity index (χ4v) is 11.7. The highest BCUT2D eigenvalue weighted by Crippen LogP contribution is 2.30. The minimum Gasteiger partial charge on any atom is -0.0852 e. The molecule has 3 aromatic rings. The maximum absolute atomic E-state index is 2.66.